The third-order valence-corrected chi connectivity index (χ3v) is 6.31. The lowest BCUT2D eigenvalue weighted by Crippen LogP contribution is -2.33. The maximum atomic E-state index is 12.6. The van der Waals surface area contributed by atoms with Crippen LogP contribution in [0.1, 0.15) is 38.1 Å². The van der Waals surface area contributed by atoms with Crippen LogP contribution < -0.4 is 10.5 Å². The molecule has 120 valence electrons. The van der Waals surface area contributed by atoms with E-state index in [1.165, 1.54) is 0 Å². The van der Waals surface area contributed by atoms with Gasteiger partial charge in [0.1, 0.15) is 4.90 Å². The number of aryl methyl sites for hydroxylation is 1. The second-order valence-corrected chi connectivity index (χ2v) is 8.06. The number of nitrogens with zero attached hydrogens (tertiary/aromatic N) is 2. The predicted molar refractivity (Wildman–Crippen MR) is 82.4 cm³/mol. The Labute approximate surface area is 127 Å². The summed E-state index contributed by atoms with van der Waals surface area (Å²) in [5.74, 6) is 0.488. The molecule has 6 nitrogen and oxygen atoms in total. The quantitative estimate of drug-likeness (QED) is 0.790. The molecule has 0 aromatic carbocycles. The summed E-state index contributed by atoms with van der Waals surface area (Å²) in [6, 6.07) is 0. The van der Waals surface area contributed by atoms with Crippen LogP contribution >= 0.6 is 0 Å². The molecule has 1 aromatic rings. The lowest BCUT2D eigenvalue weighted by Gasteiger charge is -2.20. The topological polar surface area (TPSA) is 90.0 Å². The molecule has 2 rings (SSSR count). The van der Waals surface area contributed by atoms with Crippen molar-refractivity contribution in [2.45, 2.75) is 52.0 Å². The van der Waals surface area contributed by atoms with Gasteiger partial charge in [-0.05, 0) is 38.0 Å². The van der Waals surface area contributed by atoms with Gasteiger partial charge in [0.15, 0.2) is 0 Å². The second-order valence-electron chi connectivity index (χ2n) is 6.35. The monoisotopic (exact) mass is 314 g/mol. The van der Waals surface area contributed by atoms with Crippen molar-refractivity contribution in [1.82, 2.24) is 14.5 Å². The van der Waals surface area contributed by atoms with Crippen LogP contribution in [0.4, 0.5) is 0 Å². The summed E-state index contributed by atoms with van der Waals surface area (Å²) in [6.07, 6.45) is 2.19. The molecule has 0 amide bonds. The largest absolute Gasteiger partial charge is 0.329 e. The van der Waals surface area contributed by atoms with E-state index < -0.39 is 10.0 Å². The zero-order valence-corrected chi connectivity index (χ0v) is 14.1. The van der Waals surface area contributed by atoms with Crippen LogP contribution in [-0.2, 0) is 16.6 Å². The normalized spacial score (nSPS) is 17.4. The van der Waals surface area contributed by atoms with Crippen molar-refractivity contribution in [2.75, 3.05) is 13.1 Å². The molecule has 1 saturated carbocycles. The summed E-state index contributed by atoms with van der Waals surface area (Å²) in [6.45, 7) is 9.27. The lowest BCUT2D eigenvalue weighted by atomic mass is 9.93. The molecule has 1 aromatic heterocycles. The number of aromatic nitrogens is 2. The van der Waals surface area contributed by atoms with Gasteiger partial charge in [0, 0.05) is 13.1 Å². The first-order chi connectivity index (χ1) is 9.73. The molecule has 0 spiro atoms. The van der Waals surface area contributed by atoms with Gasteiger partial charge in [0.05, 0.1) is 17.9 Å². The third-order valence-electron chi connectivity index (χ3n) is 4.66. The van der Waals surface area contributed by atoms with Crippen molar-refractivity contribution in [2.24, 2.45) is 17.1 Å². The van der Waals surface area contributed by atoms with Crippen molar-refractivity contribution < 1.29 is 8.42 Å². The SMILES string of the molecule is Cc1nn(CCN)c(C)c1S(=O)(=O)NCC1(C(C)C)CC1. The van der Waals surface area contributed by atoms with Crippen molar-refractivity contribution in [3.63, 3.8) is 0 Å². The van der Waals surface area contributed by atoms with Crippen LogP contribution in [0.3, 0.4) is 0 Å². The van der Waals surface area contributed by atoms with Crippen LogP contribution in [0.25, 0.3) is 0 Å². The Hall–Kier alpha value is -0.920. The predicted octanol–water partition coefficient (Wildman–Crippen LogP) is 1.17. The molecule has 7 heteroatoms. The van der Waals surface area contributed by atoms with Gasteiger partial charge in [-0.25, -0.2) is 13.1 Å². The molecule has 0 radical (unpaired) electrons. The molecule has 0 saturated heterocycles. The number of nitrogens with two attached hydrogens (primary N) is 1. The highest BCUT2D eigenvalue weighted by Gasteiger charge is 2.46. The first kappa shape index (κ1) is 16.5. The highest BCUT2D eigenvalue weighted by Crippen LogP contribution is 2.51. The molecule has 0 unspecified atom stereocenters. The van der Waals surface area contributed by atoms with Gasteiger partial charge in [-0.15, -0.1) is 0 Å². The molecule has 3 N–H and O–H groups in total. The summed E-state index contributed by atoms with van der Waals surface area (Å²) in [5, 5.41) is 4.28. The van der Waals surface area contributed by atoms with Gasteiger partial charge in [-0.3, -0.25) is 4.68 Å². The number of rotatable bonds is 7. The summed E-state index contributed by atoms with van der Waals surface area (Å²) in [4.78, 5) is 0.301. The first-order valence-electron chi connectivity index (χ1n) is 7.47. The van der Waals surface area contributed by atoms with E-state index in [0.717, 1.165) is 12.8 Å². The van der Waals surface area contributed by atoms with E-state index in [1.54, 1.807) is 18.5 Å². The first-order valence-corrected chi connectivity index (χ1v) is 8.95. The second kappa shape index (κ2) is 5.70. The van der Waals surface area contributed by atoms with Crippen molar-refractivity contribution in [3.8, 4) is 0 Å². The highest BCUT2D eigenvalue weighted by molar-refractivity contribution is 7.89. The highest BCUT2D eigenvalue weighted by atomic mass is 32.2. The number of hydrogen-bond acceptors (Lipinski definition) is 4. The summed E-state index contributed by atoms with van der Waals surface area (Å²) in [5.41, 5.74) is 6.85. The number of hydrogen-bond donors (Lipinski definition) is 2. The molecule has 0 atom stereocenters. The Kier molecular flexibility index (Phi) is 4.46. The molecule has 0 bridgehead atoms. The molecule has 1 heterocycles. The van der Waals surface area contributed by atoms with Crippen molar-refractivity contribution in [3.05, 3.63) is 11.4 Å². The zero-order valence-electron chi connectivity index (χ0n) is 13.3. The average molecular weight is 314 g/mol. The van der Waals surface area contributed by atoms with E-state index in [0.29, 0.717) is 41.8 Å². The number of sulfonamides is 1. The van der Waals surface area contributed by atoms with Gasteiger partial charge in [0.25, 0.3) is 0 Å². The Morgan fingerprint density at radius 1 is 1.38 bits per heavy atom. The maximum Gasteiger partial charge on any atom is 0.244 e. The number of nitrogens with one attached hydrogen (secondary N) is 1. The van der Waals surface area contributed by atoms with Gasteiger partial charge < -0.3 is 5.73 Å². The van der Waals surface area contributed by atoms with E-state index in [1.807, 2.05) is 0 Å². The average Bonchev–Trinajstić information content (AvgIpc) is 3.11. The fourth-order valence-electron chi connectivity index (χ4n) is 2.84. The third kappa shape index (κ3) is 3.14. The smallest absolute Gasteiger partial charge is 0.244 e. The van der Waals surface area contributed by atoms with Crippen LogP contribution in [0, 0.1) is 25.2 Å². The summed E-state index contributed by atoms with van der Waals surface area (Å²) >= 11 is 0. The molecule has 1 aliphatic carbocycles. The molecule has 1 fully saturated rings. The van der Waals surface area contributed by atoms with Crippen LogP contribution in [-0.4, -0.2) is 31.3 Å². The van der Waals surface area contributed by atoms with Crippen LogP contribution in [0.5, 0.6) is 0 Å². The Bertz CT molecular complexity index is 615. The molecule has 21 heavy (non-hydrogen) atoms. The van der Waals surface area contributed by atoms with Gasteiger partial charge in [-0.2, -0.15) is 5.10 Å². The minimum absolute atomic E-state index is 0.141. The standard InChI is InChI=1S/C14H26N4O2S/c1-10(2)14(5-6-14)9-16-21(19,20)13-11(3)17-18(8-7-15)12(13)4/h10,16H,5-9,15H2,1-4H3. The lowest BCUT2D eigenvalue weighted by molar-refractivity contribution is 0.357. The summed E-state index contributed by atoms with van der Waals surface area (Å²) < 4.78 is 29.6. The minimum atomic E-state index is -3.52. The van der Waals surface area contributed by atoms with E-state index in [9.17, 15) is 8.42 Å². The minimum Gasteiger partial charge on any atom is -0.329 e. The Morgan fingerprint density at radius 3 is 2.48 bits per heavy atom. The molecule has 0 aliphatic heterocycles. The van der Waals surface area contributed by atoms with Crippen LogP contribution in [0.15, 0.2) is 4.90 Å². The van der Waals surface area contributed by atoms with E-state index in [2.05, 4.69) is 23.7 Å². The molecular formula is C14H26N4O2S. The van der Waals surface area contributed by atoms with Crippen molar-refractivity contribution in [1.29, 1.82) is 0 Å². The van der Waals surface area contributed by atoms with Crippen molar-refractivity contribution >= 4 is 10.0 Å². The van der Waals surface area contributed by atoms with Gasteiger partial charge in [-0.1, -0.05) is 13.8 Å². The van der Waals surface area contributed by atoms with Gasteiger partial charge in [0.2, 0.25) is 10.0 Å². The van der Waals surface area contributed by atoms with E-state index in [4.69, 9.17) is 5.73 Å². The van der Waals surface area contributed by atoms with E-state index in [-0.39, 0.29) is 5.41 Å². The maximum absolute atomic E-state index is 12.6. The molecular weight excluding hydrogens is 288 g/mol. The fraction of sp³-hybridized carbons (Fsp3) is 0.786. The summed E-state index contributed by atoms with van der Waals surface area (Å²) in [7, 11) is -3.52. The van der Waals surface area contributed by atoms with E-state index >= 15 is 0 Å². The Morgan fingerprint density at radius 2 is 2.00 bits per heavy atom. The Balaban J connectivity index is 2.20. The van der Waals surface area contributed by atoms with Crippen LogP contribution in [0.2, 0.25) is 0 Å². The van der Waals surface area contributed by atoms with Gasteiger partial charge >= 0.3 is 0 Å². The molecule has 1 aliphatic rings. The zero-order chi connectivity index (χ0) is 15.8. The fourth-order valence-corrected chi connectivity index (χ4v) is 4.38.